The Hall–Kier alpha value is -1.78. The summed E-state index contributed by atoms with van der Waals surface area (Å²) in [4.78, 5) is 27.6. The van der Waals surface area contributed by atoms with Gasteiger partial charge in [-0.3, -0.25) is 13.9 Å². The number of alkyl halides is 3. The van der Waals surface area contributed by atoms with Crippen molar-refractivity contribution in [2.45, 2.75) is 75.8 Å². The quantitative estimate of drug-likeness (QED) is 0.192. The van der Waals surface area contributed by atoms with Crippen LogP contribution in [-0.4, -0.2) is 64.5 Å². The number of H-pyrrole nitrogens is 1. The van der Waals surface area contributed by atoms with Crippen molar-refractivity contribution in [2.75, 3.05) is 0 Å². The Kier molecular flexibility index (Phi) is 7.86. The van der Waals surface area contributed by atoms with Crippen molar-refractivity contribution < 1.29 is 51.6 Å². The van der Waals surface area contributed by atoms with Crippen LogP contribution >= 0.6 is 19.8 Å². The number of ether oxygens (including phenoxy) is 1. The van der Waals surface area contributed by atoms with E-state index < -0.39 is 82.5 Å². The second-order valence-electron chi connectivity index (χ2n) is 8.68. The number of nitrogens with one attached hydrogen (secondary N) is 1. The van der Waals surface area contributed by atoms with E-state index in [1.54, 1.807) is 11.9 Å². The van der Waals surface area contributed by atoms with E-state index in [-0.39, 0.29) is 12.8 Å². The van der Waals surface area contributed by atoms with E-state index in [4.69, 9.17) is 21.5 Å². The third-order valence-corrected chi connectivity index (χ3v) is 7.91. The molecule has 1 aliphatic heterocycles. The number of aliphatic hydroxyl groups is 3. The molecule has 0 bridgehead atoms. The first-order chi connectivity index (χ1) is 16.4. The number of rotatable bonds is 7. The fourth-order valence-electron chi connectivity index (χ4n) is 3.70. The van der Waals surface area contributed by atoms with Crippen LogP contribution < -0.4 is 5.43 Å². The van der Waals surface area contributed by atoms with Gasteiger partial charge in [0.1, 0.15) is 17.9 Å². The van der Waals surface area contributed by atoms with Gasteiger partial charge in [-0.25, -0.2) is 9.37 Å². The second-order valence-corrected chi connectivity index (χ2v) is 11.1. The van der Waals surface area contributed by atoms with Gasteiger partial charge in [-0.15, -0.1) is 0 Å². The van der Waals surface area contributed by atoms with Gasteiger partial charge in [-0.2, -0.15) is 13.2 Å². The van der Waals surface area contributed by atoms with Crippen molar-refractivity contribution >= 4 is 30.8 Å². The summed E-state index contributed by atoms with van der Waals surface area (Å²) in [7, 11) is -4.46. The topological polar surface area (TPSA) is 167 Å². The minimum absolute atomic E-state index is 0.130. The molecule has 0 saturated carbocycles. The molecule has 1 aliphatic rings. The molecule has 0 amide bonds. The van der Waals surface area contributed by atoms with Gasteiger partial charge in [0.25, 0.3) is 0 Å². The summed E-state index contributed by atoms with van der Waals surface area (Å²) in [6.45, 7) is 4.10. The Balaban J connectivity index is 1.98. The molecule has 0 aliphatic carbocycles. The maximum Gasteiger partial charge on any atom is 0.434 e. The normalized spacial score (nSPS) is 27.1. The van der Waals surface area contributed by atoms with Crippen LogP contribution in [0.25, 0.3) is 11.0 Å². The van der Waals surface area contributed by atoms with E-state index >= 15 is 0 Å². The molecule has 1 saturated heterocycles. The van der Waals surface area contributed by atoms with E-state index in [0.717, 1.165) is 17.7 Å². The summed E-state index contributed by atoms with van der Waals surface area (Å²) in [6.07, 6.45) is -10.5. The molecule has 0 radical (unpaired) electrons. The number of nitrogens with zero attached hydrogens (tertiary/aromatic N) is 2. The molecule has 36 heavy (non-hydrogen) atoms. The fourth-order valence-corrected chi connectivity index (χ4v) is 4.94. The van der Waals surface area contributed by atoms with Crippen molar-refractivity contribution in [1.29, 1.82) is 0 Å². The van der Waals surface area contributed by atoms with E-state index in [1.165, 1.54) is 6.92 Å². The summed E-state index contributed by atoms with van der Waals surface area (Å²) in [5, 5.41) is 30.0. The van der Waals surface area contributed by atoms with Crippen molar-refractivity contribution in [1.82, 2.24) is 14.5 Å². The summed E-state index contributed by atoms with van der Waals surface area (Å²) in [5.74, 6) is -3.79. The molecular weight excluding hydrogens is 537 g/mol. The Bertz CT molecular complexity index is 1320. The van der Waals surface area contributed by atoms with Crippen molar-refractivity contribution in [3.63, 3.8) is 0 Å². The van der Waals surface area contributed by atoms with Gasteiger partial charge in [0.2, 0.25) is 10.2 Å². The molecule has 11 nitrogen and oxygen atoms in total. The van der Waals surface area contributed by atoms with Gasteiger partial charge >= 0.3 is 13.8 Å². The molecule has 17 heteroatoms. The molecule has 7 atom stereocenters. The minimum atomic E-state index is -5.20. The summed E-state index contributed by atoms with van der Waals surface area (Å²) < 4.78 is 76.7. The lowest BCUT2D eigenvalue weighted by Gasteiger charge is -2.34. The lowest BCUT2D eigenvalue weighted by molar-refractivity contribution is -0.143. The van der Waals surface area contributed by atoms with Crippen molar-refractivity contribution in [3.05, 3.63) is 32.7 Å². The zero-order valence-electron chi connectivity index (χ0n) is 19.1. The van der Waals surface area contributed by atoms with Gasteiger partial charge in [0, 0.05) is 12.6 Å². The number of fused-ring (bicyclic) bond motifs is 1. The average Bonchev–Trinajstić information content (AvgIpc) is 3.02. The van der Waals surface area contributed by atoms with Crippen LogP contribution in [0.5, 0.6) is 0 Å². The highest BCUT2D eigenvalue weighted by Crippen LogP contribution is 2.52. The van der Waals surface area contributed by atoms with Gasteiger partial charge < -0.3 is 34.5 Å². The molecule has 202 valence electrons. The lowest BCUT2D eigenvalue weighted by atomic mass is 9.93. The number of hydrogen-bond acceptors (Lipinski definition) is 9. The van der Waals surface area contributed by atoms with Crippen LogP contribution in [0.3, 0.4) is 0 Å². The van der Waals surface area contributed by atoms with E-state index in [9.17, 15) is 47.1 Å². The SMILES string of the molecule is CCC(C)(C[C@H]1O[C@@H](n2cc3c(=O)c(F)c(C(F)(F)F)[nH]c3nc2=S)[C@@H](O)C1O)OP(=O)(O)C(C)O. The van der Waals surface area contributed by atoms with Crippen LogP contribution in [0.15, 0.2) is 11.0 Å². The maximum absolute atomic E-state index is 14.1. The highest BCUT2D eigenvalue weighted by molar-refractivity contribution is 7.71. The van der Waals surface area contributed by atoms with Crippen LogP contribution in [0.1, 0.15) is 45.5 Å². The number of halogens is 4. The Morgan fingerprint density at radius 3 is 2.50 bits per heavy atom. The molecular formula is C19H24F4N3O8PS. The van der Waals surface area contributed by atoms with Crippen molar-refractivity contribution in [2.24, 2.45) is 0 Å². The molecule has 5 N–H and O–H groups in total. The van der Waals surface area contributed by atoms with Gasteiger partial charge in [0.15, 0.2) is 23.6 Å². The maximum atomic E-state index is 14.1. The van der Waals surface area contributed by atoms with Gasteiger partial charge in [0.05, 0.1) is 17.1 Å². The minimum Gasteiger partial charge on any atom is -0.388 e. The van der Waals surface area contributed by atoms with E-state index in [1.807, 2.05) is 0 Å². The smallest absolute Gasteiger partial charge is 0.388 e. The number of aliphatic hydroxyl groups excluding tert-OH is 3. The Morgan fingerprint density at radius 2 is 1.97 bits per heavy atom. The molecule has 3 heterocycles. The summed E-state index contributed by atoms with van der Waals surface area (Å²) in [6, 6.07) is 0. The number of hydrogen-bond donors (Lipinski definition) is 5. The molecule has 0 spiro atoms. The number of pyridine rings is 1. The average molecular weight is 561 g/mol. The third-order valence-electron chi connectivity index (χ3n) is 5.96. The Morgan fingerprint density at radius 1 is 1.36 bits per heavy atom. The molecule has 3 rings (SSSR count). The largest absolute Gasteiger partial charge is 0.434 e. The van der Waals surface area contributed by atoms with E-state index in [2.05, 4.69) is 4.98 Å². The molecule has 4 unspecified atom stereocenters. The monoisotopic (exact) mass is 561 g/mol. The van der Waals surface area contributed by atoms with Crippen LogP contribution in [0.4, 0.5) is 17.6 Å². The first-order valence-electron chi connectivity index (χ1n) is 10.6. The summed E-state index contributed by atoms with van der Waals surface area (Å²) in [5.41, 5.74) is -5.60. The lowest BCUT2D eigenvalue weighted by Crippen LogP contribution is -2.39. The summed E-state index contributed by atoms with van der Waals surface area (Å²) >= 11 is 5.05. The van der Waals surface area contributed by atoms with E-state index in [0.29, 0.717) is 0 Å². The van der Waals surface area contributed by atoms with Crippen molar-refractivity contribution in [3.8, 4) is 0 Å². The second kappa shape index (κ2) is 9.83. The van der Waals surface area contributed by atoms with Gasteiger partial charge in [-0.1, -0.05) is 6.92 Å². The standard InChI is InChI=1S/C19H24F4N3O8PS/c1-4-18(3,34-35(31,32)7(2)27)5-9-12(29)13(30)16(33-9)26-6-8-11(28)10(20)14(19(21,22)23)24-15(8)25-17(26)36/h6-7,9,12-13,16,27,29-30H,4-5H2,1-3H3,(H,31,32)(H,24,25,36)/t7?,9-,12?,13+,16-,18?/m1/s1. The predicted molar refractivity (Wildman–Crippen MR) is 118 cm³/mol. The highest BCUT2D eigenvalue weighted by Gasteiger charge is 2.48. The first-order valence-corrected chi connectivity index (χ1v) is 12.6. The Labute approximate surface area is 205 Å². The third kappa shape index (κ3) is 5.41. The fraction of sp³-hybridized carbons (Fsp3) is 0.632. The zero-order valence-corrected chi connectivity index (χ0v) is 20.8. The predicted octanol–water partition coefficient (Wildman–Crippen LogP) is 2.33. The molecule has 1 fully saturated rings. The molecule has 0 aromatic carbocycles. The number of aromatic amines is 1. The molecule has 2 aromatic rings. The zero-order chi connectivity index (χ0) is 27.4. The highest BCUT2D eigenvalue weighted by atomic mass is 32.1. The number of aromatic nitrogens is 3. The van der Waals surface area contributed by atoms with Crippen LogP contribution in [0, 0.1) is 10.6 Å². The first kappa shape index (κ1) is 28.8. The van der Waals surface area contributed by atoms with Gasteiger partial charge in [-0.05, 0) is 32.5 Å². The van der Waals surface area contributed by atoms with Crippen LogP contribution in [0.2, 0.25) is 0 Å². The molecule has 2 aromatic heterocycles. The van der Waals surface area contributed by atoms with Crippen LogP contribution in [-0.2, 0) is 20.0 Å².